The first-order valence-corrected chi connectivity index (χ1v) is 9.04. The van der Waals surface area contributed by atoms with Gasteiger partial charge in [0.25, 0.3) is 0 Å². The molecule has 3 heterocycles. The van der Waals surface area contributed by atoms with E-state index in [0.717, 1.165) is 54.2 Å². The van der Waals surface area contributed by atoms with Crippen molar-refractivity contribution < 1.29 is 4.79 Å². The molecule has 3 aromatic rings. The molecule has 6 nitrogen and oxygen atoms in total. The molecule has 2 aromatic heterocycles. The number of aromatic nitrogens is 3. The van der Waals surface area contributed by atoms with Crippen LogP contribution in [0.3, 0.4) is 0 Å². The number of hydrogen-bond donors (Lipinski definition) is 1. The molecular weight excluding hydrogens is 326 g/mol. The number of fused-ring (bicyclic) bond motifs is 1. The van der Waals surface area contributed by atoms with E-state index in [1.165, 1.54) is 0 Å². The molecule has 1 aliphatic rings. The topological polar surface area (TPSA) is 63.1 Å². The number of likely N-dealkylation sites (tertiary alicyclic amines) is 1. The Bertz CT molecular complexity index is 940. The lowest BCUT2D eigenvalue weighted by atomic mass is 10.0. The molecule has 1 fully saturated rings. The number of benzene rings is 1. The summed E-state index contributed by atoms with van der Waals surface area (Å²) in [6, 6.07) is 12.1. The van der Waals surface area contributed by atoms with Crippen molar-refractivity contribution in [1.29, 1.82) is 0 Å². The van der Waals surface area contributed by atoms with Crippen molar-refractivity contribution in [3.05, 3.63) is 54.0 Å². The fraction of sp³-hybridized carbons (Fsp3) is 0.350. The van der Waals surface area contributed by atoms with Crippen molar-refractivity contribution in [3.63, 3.8) is 0 Å². The Kier molecular flexibility index (Phi) is 4.32. The van der Waals surface area contributed by atoms with Crippen LogP contribution in [0.5, 0.6) is 0 Å². The molecule has 0 spiro atoms. The van der Waals surface area contributed by atoms with Crippen molar-refractivity contribution >= 4 is 22.9 Å². The number of piperidine rings is 1. The fourth-order valence-corrected chi connectivity index (χ4v) is 3.71. The lowest BCUT2D eigenvalue weighted by Gasteiger charge is -2.33. The Morgan fingerprint density at radius 2 is 1.88 bits per heavy atom. The third-order valence-electron chi connectivity index (χ3n) is 5.13. The van der Waals surface area contributed by atoms with Crippen LogP contribution in [-0.2, 0) is 0 Å². The molecule has 4 rings (SSSR count). The first-order valence-electron chi connectivity index (χ1n) is 9.04. The number of nitrogens with one attached hydrogen (secondary N) is 1. The molecule has 6 heteroatoms. The van der Waals surface area contributed by atoms with E-state index >= 15 is 0 Å². The summed E-state index contributed by atoms with van der Waals surface area (Å²) in [6.45, 7) is 5.49. The molecule has 2 amide bonds. The molecule has 134 valence electrons. The molecule has 1 N–H and O–H groups in total. The van der Waals surface area contributed by atoms with Crippen molar-refractivity contribution in [1.82, 2.24) is 19.4 Å². The second-order valence-corrected chi connectivity index (χ2v) is 6.84. The zero-order chi connectivity index (χ0) is 18.1. The predicted molar refractivity (Wildman–Crippen MR) is 102 cm³/mol. The lowest BCUT2D eigenvalue weighted by molar-refractivity contribution is 0.184. The van der Waals surface area contributed by atoms with Gasteiger partial charge in [-0.2, -0.15) is 0 Å². The van der Waals surface area contributed by atoms with E-state index in [1.54, 1.807) is 0 Å². The van der Waals surface area contributed by atoms with Crippen molar-refractivity contribution in [3.8, 4) is 0 Å². The standard InChI is InChI=1S/C20H23N5O/c1-14-6-3-4-7-17(14)23-20(26)24-12-9-16(10-13-24)25-15(2)22-18-8-5-11-21-19(18)25/h3-8,11,16H,9-10,12-13H2,1-2H3,(H,23,26). The van der Waals surface area contributed by atoms with E-state index in [2.05, 4.69) is 19.9 Å². The van der Waals surface area contributed by atoms with Crippen molar-refractivity contribution in [2.45, 2.75) is 32.7 Å². The van der Waals surface area contributed by atoms with Gasteiger partial charge in [-0.05, 0) is 50.5 Å². The summed E-state index contributed by atoms with van der Waals surface area (Å²) >= 11 is 0. The fourth-order valence-electron chi connectivity index (χ4n) is 3.71. The Morgan fingerprint density at radius 3 is 2.65 bits per heavy atom. The number of amides is 2. The molecule has 0 unspecified atom stereocenters. The summed E-state index contributed by atoms with van der Waals surface area (Å²) in [5.74, 6) is 0.988. The maximum atomic E-state index is 12.6. The zero-order valence-electron chi connectivity index (χ0n) is 15.1. The number of aryl methyl sites for hydroxylation is 2. The summed E-state index contributed by atoms with van der Waals surface area (Å²) < 4.78 is 2.23. The quantitative estimate of drug-likeness (QED) is 0.763. The van der Waals surface area contributed by atoms with Gasteiger partial charge in [0.2, 0.25) is 0 Å². The summed E-state index contributed by atoms with van der Waals surface area (Å²) in [6.07, 6.45) is 3.62. The first-order chi connectivity index (χ1) is 12.6. The summed E-state index contributed by atoms with van der Waals surface area (Å²) in [4.78, 5) is 23.6. The molecule has 0 radical (unpaired) electrons. The van der Waals surface area contributed by atoms with Crippen LogP contribution >= 0.6 is 0 Å². The highest BCUT2D eigenvalue weighted by Gasteiger charge is 2.26. The smallest absolute Gasteiger partial charge is 0.321 e. The second kappa shape index (κ2) is 6.78. The maximum Gasteiger partial charge on any atom is 0.321 e. The van der Waals surface area contributed by atoms with Gasteiger partial charge in [0.05, 0.1) is 0 Å². The van der Waals surface area contributed by atoms with E-state index in [4.69, 9.17) is 0 Å². The Hall–Kier alpha value is -2.89. The third-order valence-corrected chi connectivity index (χ3v) is 5.13. The number of pyridine rings is 1. The minimum atomic E-state index is -0.0249. The third kappa shape index (κ3) is 3.03. The van der Waals surface area contributed by atoms with Crippen LogP contribution < -0.4 is 5.32 Å². The molecule has 1 saturated heterocycles. The number of anilines is 1. The number of para-hydroxylation sites is 1. The Morgan fingerprint density at radius 1 is 1.12 bits per heavy atom. The molecule has 0 aliphatic carbocycles. The van der Waals surface area contributed by atoms with Gasteiger partial charge in [-0.1, -0.05) is 18.2 Å². The summed E-state index contributed by atoms with van der Waals surface area (Å²) in [5, 5.41) is 3.03. The van der Waals surface area contributed by atoms with Gasteiger partial charge in [-0.25, -0.2) is 14.8 Å². The monoisotopic (exact) mass is 349 g/mol. The van der Waals surface area contributed by atoms with Gasteiger partial charge in [0, 0.05) is 31.0 Å². The van der Waals surface area contributed by atoms with E-state index in [1.807, 2.05) is 61.3 Å². The van der Waals surface area contributed by atoms with Crippen LogP contribution in [0, 0.1) is 13.8 Å². The van der Waals surface area contributed by atoms with Crippen molar-refractivity contribution in [2.75, 3.05) is 18.4 Å². The molecule has 0 saturated carbocycles. The average Bonchev–Trinajstić information content (AvgIpc) is 2.99. The maximum absolute atomic E-state index is 12.6. The number of carbonyl (C=O) groups excluding carboxylic acids is 1. The number of carbonyl (C=O) groups is 1. The van der Waals surface area contributed by atoms with Crippen LogP contribution in [0.4, 0.5) is 10.5 Å². The SMILES string of the molecule is Cc1ccccc1NC(=O)N1CCC(n2c(C)nc3cccnc32)CC1. The zero-order valence-corrected chi connectivity index (χ0v) is 15.1. The molecular formula is C20H23N5O. The van der Waals surface area contributed by atoms with Crippen LogP contribution in [0.25, 0.3) is 11.2 Å². The van der Waals surface area contributed by atoms with E-state index in [-0.39, 0.29) is 6.03 Å². The molecule has 0 bridgehead atoms. The highest BCUT2D eigenvalue weighted by molar-refractivity contribution is 5.90. The molecule has 0 atom stereocenters. The van der Waals surface area contributed by atoms with Gasteiger partial charge < -0.3 is 14.8 Å². The predicted octanol–water partition coefficient (Wildman–Crippen LogP) is 3.92. The minimum absolute atomic E-state index is 0.0249. The van der Waals surface area contributed by atoms with Crippen LogP contribution in [-0.4, -0.2) is 38.6 Å². The van der Waals surface area contributed by atoms with Gasteiger partial charge in [-0.3, -0.25) is 0 Å². The number of hydrogen-bond acceptors (Lipinski definition) is 3. The van der Waals surface area contributed by atoms with Gasteiger partial charge >= 0.3 is 6.03 Å². The number of urea groups is 1. The van der Waals surface area contributed by atoms with E-state index < -0.39 is 0 Å². The van der Waals surface area contributed by atoms with Gasteiger partial charge in [0.1, 0.15) is 11.3 Å². The Balaban J connectivity index is 1.45. The van der Waals surface area contributed by atoms with Crippen LogP contribution in [0.15, 0.2) is 42.6 Å². The van der Waals surface area contributed by atoms with Crippen LogP contribution in [0.2, 0.25) is 0 Å². The summed E-state index contributed by atoms with van der Waals surface area (Å²) in [7, 11) is 0. The van der Waals surface area contributed by atoms with Crippen molar-refractivity contribution in [2.24, 2.45) is 0 Å². The number of imidazole rings is 1. The first kappa shape index (κ1) is 16.6. The number of nitrogens with zero attached hydrogens (tertiary/aromatic N) is 4. The average molecular weight is 349 g/mol. The molecule has 1 aromatic carbocycles. The summed E-state index contributed by atoms with van der Waals surface area (Å²) in [5.41, 5.74) is 3.82. The highest BCUT2D eigenvalue weighted by Crippen LogP contribution is 2.28. The lowest BCUT2D eigenvalue weighted by Crippen LogP contribution is -2.41. The highest BCUT2D eigenvalue weighted by atomic mass is 16.2. The minimum Gasteiger partial charge on any atom is -0.324 e. The molecule has 1 aliphatic heterocycles. The largest absolute Gasteiger partial charge is 0.324 e. The van der Waals surface area contributed by atoms with E-state index in [9.17, 15) is 4.79 Å². The van der Waals surface area contributed by atoms with E-state index in [0.29, 0.717) is 6.04 Å². The second-order valence-electron chi connectivity index (χ2n) is 6.84. The van der Waals surface area contributed by atoms with Gasteiger partial charge in [0.15, 0.2) is 5.65 Å². The Labute approximate surface area is 152 Å². The van der Waals surface area contributed by atoms with Gasteiger partial charge in [-0.15, -0.1) is 0 Å². The number of rotatable bonds is 2. The van der Waals surface area contributed by atoms with Crippen LogP contribution in [0.1, 0.15) is 30.3 Å². The normalized spacial score (nSPS) is 15.4. The molecule has 26 heavy (non-hydrogen) atoms.